The zero-order valence-corrected chi connectivity index (χ0v) is 13.7. The molecule has 0 amide bonds. The molecule has 0 radical (unpaired) electrons. The predicted molar refractivity (Wildman–Crippen MR) is 84.4 cm³/mol. The third-order valence-electron chi connectivity index (χ3n) is 3.14. The largest absolute Gasteiger partial charge is 0.301 e. The van der Waals surface area contributed by atoms with E-state index >= 15 is 0 Å². The van der Waals surface area contributed by atoms with E-state index in [1.54, 1.807) is 0 Å². The van der Waals surface area contributed by atoms with Gasteiger partial charge >= 0.3 is 0 Å². The average molecular weight is 335 g/mol. The van der Waals surface area contributed by atoms with Crippen molar-refractivity contribution < 1.29 is 8.78 Å². The number of aromatic amines is 1. The Kier molecular flexibility index (Phi) is 5.16. The molecule has 120 valence electrons. The number of halogens is 2. The summed E-state index contributed by atoms with van der Waals surface area (Å²) < 4.78 is 26.9. The predicted octanol–water partition coefficient (Wildman–Crippen LogP) is 3.51. The van der Waals surface area contributed by atoms with Crippen LogP contribution in [0.3, 0.4) is 0 Å². The van der Waals surface area contributed by atoms with Gasteiger partial charge in [-0.05, 0) is 24.6 Å². The van der Waals surface area contributed by atoms with Crippen molar-refractivity contribution in [3.05, 3.63) is 57.0 Å². The number of hydrogen-bond donors (Lipinski definition) is 1. The second-order valence-corrected chi connectivity index (χ2v) is 6.88. The van der Waals surface area contributed by atoms with Crippen LogP contribution in [0.25, 0.3) is 0 Å². The quantitative estimate of drug-likeness (QED) is 0.686. The molecule has 0 aliphatic rings. The molecule has 0 spiro atoms. The van der Waals surface area contributed by atoms with Gasteiger partial charge in [-0.1, -0.05) is 25.6 Å². The van der Waals surface area contributed by atoms with Crippen LogP contribution in [0, 0.1) is 29.9 Å². The SMILES string of the molecule is Cc1c(C(C#N)c2cc(F)cc(F)c2)nc(SC(C)C)[nH]c1=O. The molecular formula is C16H15F2N3OS. The number of aromatic nitrogens is 2. The lowest BCUT2D eigenvalue weighted by Crippen LogP contribution is -2.19. The smallest absolute Gasteiger partial charge is 0.254 e. The van der Waals surface area contributed by atoms with Crippen molar-refractivity contribution in [3.63, 3.8) is 0 Å². The highest BCUT2D eigenvalue weighted by molar-refractivity contribution is 7.99. The molecule has 1 heterocycles. The molecule has 0 bridgehead atoms. The van der Waals surface area contributed by atoms with E-state index in [2.05, 4.69) is 9.97 Å². The molecule has 4 nitrogen and oxygen atoms in total. The lowest BCUT2D eigenvalue weighted by molar-refractivity contribution is 0.579. The van der Waals surface area contributed by atoms with Crippen molar-refractivity contribution in [2.75, 3.05) is 0 Å². The molecule has 0 saturated heterocycles. The van der Waals surface area contributed by atoms with Crippen LogP contribution in [0.2, 0.25) is 0 Å². The summed E-state index contributed by atoms with van der Waals surface area (Å²) in [7, 11) is 0. The summed E-state index contributed by atoms with van der Waals surface area (Å²) in [6, 6.07) is 4.87. The summed E-state index contributed by atoms with van der Waals surface area (Å²) in [6.07, 6.45) is 0. The Morgan fingerprint density at radius 1 is 1.26 bits per heavy atom. The van der Waals surface area contributed by atoms with Crippen LogP contribution in [-0.4, -0.2) is 15.2 Å². The molecule has 1 aromatic carbocycles. The molecule has 0 fully saturated rings. The van der Waals surface area contributed by atoms with Gasteiger partial charge in [-0.3, -0.25) is 4.79 Å². The van der Waals surface area contributed by atoms with Crippen LogP contribution in [-0.2, 0) is 0 Å². The Bertz CT molecular complexity index is 807. The zero-order valence-electron chi connectivity index (χ0n) is 12.9. The van der Waals surface area contributed by atoms with Gasteiger partial charge in [0.2, 0.25) is 0 Å². The van der Waals surface area contributed by atoms with Crippen LogP contribution in [0.15, 0.2) is 28.2 Å². The van der Waals surface area contributed by atoms with Gasteiger partial charge in [-0.2, -0.15) is 5.26 Å². The minimum atomic E-state index is -1.02. The maximum Gasteiger partial charge on any atom is 0.254 e. The first-order valence-corrected chi connectivity index (χ1v) is 7.83. The fraction of sp³-hybridized carbons (Fsp3) is 0.312. The van der Waals surface area contributed by atoms with Gasteiger partial charge < -0.3 is 4.98 Å². The van der Waals surface area contributed by atoms with E-state index < -0.39 is 17.6 Å². The molecule has 1 atom stereocenters. The van der Waals surface area contributed by atoms with E-state index in [0.717, 1.165) is 18.2 Å². The summed E-state index contributed by atoms with van der Waals surface area (Å²) in [5.41, 5.74) is 0.237. The van der Waals surface area contributed by atoms with Gasteiger partial charge in [0.05, 0.1) is 11.8 Å². The number of benzene rings is 1. The Morgan fingerprint density at radius 2 is 1.87 bits per heavy atom. The molecule has 23 heavy (non-hydrogen) atoms. The highest BCUT2D eigenvalue weighted by Gasteiger charge is 2.22. The maximum absolute atomic E-state index is 13.4. The molecule has 1 N–H and O–H groups in total. The summed E-state index contributed by atoms with van der Waals surface area (Å²) in [4.78, 5) is 19.0. The highest BCUT2D eigenvalue weighted by atomic mass is 32.2. The van der Waals surface area contributed by atoms with Crippen molar-refractivity contribution >= 4 is 11.8 Å². The number of thioether (sulfide) groups is 1. The van der Waals surface area contributed by atoms with E-state index in [-0.39, 0.29) is 27.6 Å². The molecule has 7 heteroatoms. The fourth-order valence-electron chi connectivity index (χ4n) is 2.12. The average Bonchev–Trinajstić information content (AvgIpc) is 2.43. The van der Waals surface area contributed by atoms with Gasteiger partial charge in [0.1, 0.15) is 17.6 Å². The van der Waals surface area contributed by atoms with Crippen molar-refractivity contribution in [2.24, 2.45) is 0 Å². The number of nitriles is 1. The Labute approximate surface area is 136 Å². The molecule has 0 aliphatic carbocycles. The van der Waals surface area contributed by atoms with Gasteiger partial charge in [0, 0.05) is 16.9 Å². The van der Waals surface area contributed by atoms with Gasteiger partial charge in [0.25, 0.3) is 5.56 Å². The minimum absolute atomic E-state index is 0.131. The zero-order chi connectivity index (χ0) is 17.1. The Hall–Kier alpha value is -2.20. The summed E-state index contributed by atoms with van der Waals surface area (Å²) in [6.45, 7) is 5.41. The Morgan fingerprint density at radius 3 is 2.39 bits per heavy atom. The number of nitrogens with zero attached hydrogens (tertiary/aromatic N) is 2. The first-order chi connectivity index (χ1) is 10.8. The highest BCUT2D eigenvalue weighted by Crippen LogP contribution is 2.27. The van der Waals surface area contributed by atoms with Crippen molar-refractivity contribution in [3.8, 4) is 6.07 Å². The van der Waals surface area contributed by atoms with Crippen LogP contribution >= 0.6 is 11.8 Å². The van der Waals surface area contributed by atoms with Crippen molar-refractivity contribution in [2.45, 2.75) is 37.1 Å². The molecule has 0 saturated carbocycles. The summed E-state index contributed by atoms with van der Waals surface area (Å²) in [5.74, 6) is -2.58. The van der Waals surface area contributed by atoms with Crippen LogP contribution in [0.4, 0.5) is 8.78 Å². The lowest BCUT2D eigenvalue weighted by Gasteiger charge is -2.13. The number of hydrogen-bond acceptors (Lipinski definition) is 4. The number of rotatable bonds is 4. The molecule has 0 aliphatic heterocycles. The van der Waals surface area contributed by atoms with E-state index in [9.17, 15) is 18.8 Å². The molecular weight excluding hydrogens is 320 g/mol. The topological polar surface area (TPSA) is 69.5 Å². The first kappa shape index (κ1) is 17.2. The van der Waals surface area contributed by atoms with Crippen molar-refractivity contribution in [1.29, 1.82) is 5.26 Å². The maximum atomic E-state index is 13.4. The standard InChI is InChI=1S/C16H15F2N3OS/c1-8(2)23-16-20-14(9(3)15(22)21-16)13(7-19)10-4-11(17)6-12(18)5-10/h4-6,8,13H,1-3H3,(H,20,21,22). The van der Waals surface area contributed by atoms with Crippen LogP contribution < -0.4 is 5.56 Å². The van der Waals surface area contributed by atoms with Gasteiger partial charge in [0.15, 0.2) is 5.16 Å². The monoisotopic (exact) mass is 335 g/mol. The molecule has 2 aromatic rings. The summed E-state index contributed by atoms with van der Waals surface area (Å²) in [5, 5.41) is 10.0. The molecule has 1 unspecified atom stereocenters. The Balaban J connectivity index is 2.59. The third kappa shape index (κ3) is 3.96. The van der Waals surface area contributed by atoms with E-state index in [1.807, 2.05) is 19.9 Å². The van der Waals surface area contributed by atoms with Crippen LogP contribution in [0.1, 0.15) is 36.6 Å². The first-order valence-electron chi connectivity index (χ1n) is 6.95. The second-order valence-electron chi connectivity index (χ2n) is 5.31. The molecule has 2 rings (SSSR count). The minimum Gasteiger partial charge on any atom is -0.301 e. The van der Waals surface area contributed by atoms with Gasteiger partial charge in [-0.15, -0.1) is 0 Å². The lowest BCUT2D eigenvalue weighted by atomic mass is 9.94. The van der Waals surface area contributed by atoms with E-state index in [0.29, 0.717) is 5.16 Å². The van der Waals surface area contributed by atoms with Crippen molar-refractivity contribution in [1.82, 2.24) is 9.97 Å². The number of H-pyrrole nitrogens is 1. The fourth-order valence-corrected chi connectivity index (χ4v) is 2.87. The van der Waals surface area contributed by atoms with Crippen LogP contribution in [0.5, 0.6) is 0 Å². The number of nitrogens with one attached hydrogen (secondary N) is 1. The van der Waals surface area contributed by atoms with E-state index in [4.69, 9.17) is 0 Å². The normalized spacial score (nSPS) is 12.2. The molecule has 1 aromatic heterocycles. The second kappa shape index (κ2) is 6.92. The summed E-state index contributed by atoms with van der Waals surface area (Å²) >= 11 is 1.34. The van der Waals surface area contributed by atoms with Gasteiger partial charge in [-0.25, -0.2) is 13.8 Å². The third-order valence-corrected chi connectivity index (χ3v) is 4.02. The van der Waals surface area contributed by atoms with E-state index in [1.165, 1.54) is 18.7 Å².